The van der Waals surface area contributed by atoms with Gasteiger partial charge in [-0.15, -0.1) is 11.3 Å². The normalized spacial score (nSPS) is 12.2. The second-order valence-electron chi connectivity index (χ2n) is 5.76. The topological polar surface area (TPSA) is 112 Å². The zero-order valence-electron chi connectivity index (χ0n) is 14.6. The number of imide groups is 1. The Morgan fingerprint density at radius 1 is 1.29 bits per heavy atom. The van der Waals surface area contributed by atoms with Gasteiger partial charge in [-0.3, -0.25) is 19.5 Å². The van der Waals surface area contributed by atoms with Gasteiger partial charge in [-0.05, 0) is 23.6 Å². The zero-order chi connectivity index (χ0) is 19.7. The van der Waals surface area contributed by atoms with Crippen LogP contribution in [0.1, 0.15) is 0 Å². The fourth-order valence-corrected chi connectivity index (χ4v) is 4.12. The highest BCUT2D eigenvalue weighted by molar-refractivity contribution is 7.99. The standard InChI is InChI=1S/C17H14N4O5S2/c1-21-15(23)10-4-5-27-14(10)20-17(21)28-7-13(22)19-16(24)18-9-2-3-11-12(6-9)26-8-25-11/h2-6H,7-8H2,1H3,(H2,18,19,22,24). The van der Waals surface area contributed by atoms with Crippen molar-refractivity contribution >= 4 is 50.9 Å². The number of carbonyl (C=O) groups is 2. The monoisotopic (exact) mass is 418 g/mol. The van der Waals surface area contributed by atoms with Crippen LogP contribution in [0, 0.1) is 0 Å². The van der Waals surface area contributed by atoms with Crippen molar-refractivity contribution in [3.63, 3.8) is 0 Å². The average Bonchev–Trinajstić information content (AvgIpc) is 3.32. The summed E-state index contributed by atoms with van der Waals surface area (Å²) in [7, 11) is 1.60. The Kier molecular flexibility index (Phi) is 4.92. The van der Waals surface area contributed by atoms with E-state index in [1.807, 2.05) is 0 Å². The number of benzene rings is 1. The first kappa shape index (κ1) is 18.3. The lowest BCUT2D eigenvalue weighted by molar-refractivity contribution is -0.117. The fraction of sp³-hybridized carbons (Fsp3) is 0.176. The van der Waals surface area contributed by atoms with E-state index in [2.05, 4.69) is 15.6 Å². The third kappa shape index (κ3) is 3.66. The highest BCUT2D eigenvalue weighted by atomic mass is 32.2. The molecule has 28 heavy (non-hydrogen) atoms. The van der Waals surface area contributed by atoms with E-state index in [0.717, 1.165) is 11.8 Å². The third-order valence-electron chi connectivity index (χ3n) is 3.88. The lowest BCUT2D eigenvalue weighted by Gasteiger charge is -2.08. The minimum Gasteiger partial charge on any atom is -0.454 e. The number of nitrogens with one attached hydrogen (secondary N) is 2. The van der Waals surface area contributed by atoms with Crippen LogP contribution in [-0.2, 0) is 11.8 Å². The van der Waals surface area contributed by atoms with Crippen LogP contribution in [0.5, 0.6) is 11.5 Å². The van der Waals surface area contributed by atoms with Crippen LogP contribution in [0.4, 0.5) is 10.5 Å². The van der Waals surface area contributed by atoms with Crippen LogP contribution >= 0.6 is 23.1 Å². The van der Waals surface area contributed by atoms with Crippen LogP contribution in [0.25, 0.3) is 10.2 Å². The van der Waals surface area contributed by atoms with E-state index in [9.17, 15) is 14.4 Å². The number of urea groups is 1. The van der Waals surface area contributed by atoms with Gasteiger partial charge in [-0.25, -0.2) is 9.78 Å². The number of carbonyl (C=O) groups excluding carboxylic acids is 2. The maximum atomic E-state index is 12.2. The number of thiophene rings is 1. The number of hydrogen-bond acceptors (Lipinski definition) is 8. The second kappa shape index (κ2) is 7.52. The number of fused-ring (bicyclic) bond motifs is 2. The van der Waals surface area contributed by atoms with Gasteiger partial charge in [-0.1, -0.05) is 11.8 Å². The van der Waals surface area contributed by atoms with Gasteiger partial charge in [0.2, 0.25) is 12.7 Å². The molecule has 1 aliphatic rings. The molecule has 3 heterocycles. The van der Waals surface area contributed by atoms with Crippen LogP contribution in [-0.4, -0.2) is 34.0 Å². The highest BCUT2D eigenvalue weighted by Crippen LogP contribution is 2.34. The molecule has 1 aliphatic heterocycles. The number of aromatic nitrogens is 2. The SMILES string of the molecule is Cn1c(SCC(=O)NC(=O)Nc2ccc3c(c2)OCO3)nc2sccc2c1=O. The lowest BCUT2D eigenvalue weighted by atomic mass is 10.3. The molecule has 2 aromatic heterocycles. The molecule has 2 N–H and O–H groups in total. The fourth-order valence-electron chi connectivity index (χ4n) is 2.54. The first-order valence-corrected chi connectivity index (χ1v) is 9.95. The predicted molar refractivity (Wildman–Crippen MR) is 105 cm³/mol. The van der Waals surface area contributed by atoms with Crippen LogP contribution in [0.2, 0.25) is 0 Å². The summed E-state index contributed by atoms with van der Waals surface area (Å²) >= 11 is 2.44. The number of nitrogens with zero attached hydrogens (tertiary/aromatic N) is 2. The molecule has 0 atom stereocenters. The van der Waals surface area contributed by atoms with E-state index >= 15 is 0 Å². The van der Waals surface area contributed by atoms with Crippen molar-refractivity contribution < 1.29 is 19.1 Å². The predicted octanol–water partition coefficient (Wildman–Crippen LogP) is 2.16. The number of ether oxygens (including phenoxy) is 2. The van der Waals surface area contributed by atoms with Gasteiger partial charge in [0.15, 0.2) is 16.7 Å². The molecule has 0 fully saturated rings. The molecule has 9 nitrogen and oxygen atoms in total. The molecule has 3 amide bonds. The summed E-state index contributed by atoms with van der Waals surface area (Å²) in [4.78, 5) is 41.3. The molecule has 0 saturated carbocycles. The summed E-state index contributed by atoms with van der Waals surface area (Å²) in [5.41, 5.74) is 0.295. The molecule has 0 saturated heterocycles. The molecule has 1 aromatic carbocycles. The van der Waals surface area contributed by atoms with Crippen LogP contribution in [0.3, 0.4) is 0 Å². The maximum absolute atomic E-state index is 12.2. The Bertz CT molecular complexity index is 1140. The van der Waals surface area contributed by atoms with E-state index < -0.39 is 11.9 Å². The molecule has 0 spiro atoms. The number of amides is 3. The summed E-state index contributed by atoms with van der Waals surface area (Å²) in [6, 6.07) is 5.97. The highest BCUT2D eigenvalue weighted by Gasteiger charge is 2.16. The second-order valence-corrected chi connectivity index (χ2v) is 7.59. The minimum absolute atomic E-state index is 0.0638. The van der Waals surface area contributed by atoms with Gasteiger partial charge < -0.3 is 14.8 Å². The molecular formula is C17H14N4O5S2. The number of rotatable bonds is 4. The van der Waals surface area contributed by atoms with Crippen molar-refractivity contribution in [1.29, 1.82) is 0 Å². The van der Waals surface area contributed by atoms with Gasteiger partial charge >= 0.3 is 6.03 Å². The van der Waals surface area contributed by atoms with Crippen LogP contribution < -0.4 is 25.7 Å². The Morgan fingerprint density at radius 3 is 2.96 bits per heavy atom. The Morgan fingerprint density at radius 2 is 2.11 bits per heavy atom. The smallest absolute Gasteiger partial charge is 0.325 e. The van der Waals surface area contributed by atoms with Gasteiger partial charge in [0.1, 0.15) is 4.83 Å². The third-order valence-corrected chi connectivity index (χ3v) is 5.72. The van der Waals surface area contributed by atoms with Crippen LogP contribution in [0.15, 0.2) is 39.6 Å². The Hall–Kier alpha value is -3.05. The van der Waals surface area contributed by atoms with Crippen molar-refractivity contribution in [3.8, 4) is 11.5 Å². The van der Waals surface area contributed by atoms with E-state index in [-0.39, 0.29) is 18.1 Å². The first-order chi connectivity index (χ1) is 13.5. The van der Waals surface area contributed by atoms with E-state index in [0.29, 0.717) is 32.6 Å². The van der Waals surface area contributed by atoms with Crippen molar-refractivity contribution in [2.24, 2.45) is 7.05 Å². The molecule has 0 bridgehead atoms. The first-order valence-electron chi connectivity index (χ1n) is 8.09. The maximum Gasteiger partial charge on any atom is 0.325 e. The number of thioether (sulfide) groups is 1. The van der Waals surface area contributed by atoms with Crippen molar-refractivity contribution in [2.45, 2.75) is 5.16 Å². The molecule has 0 unspecified atom stereocenters. The molecule has 4 rings (SSSR count). The average molecular weight is 418 g/mol. The van der Waals surface area contributed by atoms with Gasteiger partial charge in [-0.2, -0.15) is 0 Å². The molecule has 3 aromatic rings. The molecule has 11 heteroatoms. The van der Waals surface area contributed by atoms with Gasteiger partial charge in [0, 0.05) is 18.8 Å². The van der Waals surface area contributed by atoms with Crippen molar-refractivity contribution in [3.05, 3.63) is 40.0 Å². The summed E-state index contributed by atoms with van der Waals surface area (Å²) in [6.07, 6.45) is 0. The summed E-state index contributed by atoms with van der Waals surface area (Å²) < 4.78 is 11.8. The minimum atomic E-state index is -0.667. The molecular weight excluding hydrogens is 404 g/mol. The molecule has 0 radical (unpaired) electrons. The van der Waals surface area contributed by atoms with Gasteiger partial charge in [0.25, 0.3) is 5.56 Å². The quantitative estimate of drug-likeness (QED) is 0.493. The van der Waals surface area contributed by atoms with E-state index in [1.54, 1.807) is 36.7 Å². The van der Waals surface area contributed by atoms with Crippen molar-refractivity contribution in [1.82, 2.24) is 14.9 Å². The Labute approximate surface area is 166 Å². The largest absolute Gasteiger partial charge is 0.454 e. The van der Waals surface area contributed by atoms with E-state index in [1.165, 1.54) is 15.9 Å². The van der Waals surface area contributed by atoms with E-state index in [4.69, 9.17) is 9.47 Å². The summed E-state index contributed by atoms with van der Waals surface area (Å²) in [5.74, 6) is 0.546. The summed E-state index contributed by atoms with van der Waals surface area (Å²) in [5, 5.41) is 7.54. The number of hydrogen-bond donors (Lipinski definition) is 2. The lowest BCUT2D eigenvalue weighted by Crippen LogP contribution is -2.35. The summed E-state index contributed by atoms with van der Waals surface area (Å²) in [6.45, 7) is 0.133. The molecule has 144 valence electrons. The zero-order valence-corrected chi connectivity index (χ0v) is 16.2. The van der Waals surface area contributed by atoms with Crippen molar-refractivity contribution in [2.75, 3.05) is 17.9 Å². The van der Waals surface area contributed by atoms with Gasteiger partial charge in [0.05, 0.1) is 11.1 Å². The number of anilines is 1. The Balaban J connectivity index is 1.35. The molecule has 0 aliphatic carbocycles.